The van der Waals surface area contributed by atoms with Crippen LogP contribution in [0, 0.1) is 23.6 Å². The Bertz CT molecular complexity index is 902. The zero-order chi connectivity index (χ0) is 20.5. The van der Waals surface area contributed by atoms with Crippen molar-refractivity contribution in [2.45, 2.75) is 32.2 Å². The van der Waals surface area contributed by atoms with Gasteiger partial charge in [0.15, 0.2) is 0 Å². The average molecular weight is 392 g/mol. The lowest BCUT2D eigenvalue weighted by molar-refractivity contribution is -0.126. The molecule has 1 atom stereocenters. The van der Waals surface area contributed by atoms with Crippen LogP contribution in [0.2, 0.25) is 0 Å². The van der Waals surface area contributed by atoms with E-state index in [1.807, 2.05) is 30.3 Å². The zero-order valence-electron chi connectivity index (χ0n) is 16.4. The molecule has 1 aliphatic rings. The molecule has 1 heterocycles. The minimum atomic E-state index is -0.314. The van der Waals surface area contributed by atoms with Crippen LogP contribution in [0.3, 0.4) is 0 Å². The number of amides is 2. The Hall–Kier alpha value is -3.13. The second-order valence-electron chi connectivity index (χ2n) is 7.28. The number of carbonyl (C=O) groups is 2. The SMILES string of the molecule is O=C(CC[C@@H]1CCCN(C(=O)C#Cc2ccccc2)C1)NCc1ccccc1F. The molecular weight excluding hydrogens is 367 g/mol. The summed E-state index contributed by atoms with van der Waals surface area (Å²) in [5.41, 5.74) is 1.30. The van der Waals surface area contributed by atoms with Crippen molar-refractivity contribution >= 4 is 11.8 Å². The molecule has 0 radical (unpaired) electrons. The van der Waals surface area contributed by atoms with Crippen molar-refractivity contribution < 1.29 is 14.0 Å². The van der Waals surface area contributed by atoms with Gasteiger partial charge in [-0.3, -0.25) is 9.59 Å². The Morgan fingerprint density at radius 1 is 1.10 bits per heavy atom. The Balaban J connectivity index is 1.43. The summed E-state index contributed by atoms with van der Waals surface area (Å²) in [6, 6.07) is 15.9. The van der Waals surface area contributed by atoms with Gasteiger partial charge in [-0.15, -0.1) is 0 Å². The molecule has 1 saturated heterocycles. The highest BCUT2D eigenvalue weighted by Crippen LogP contribution is 2.21. The van der Waals surface area contributed by atoms with Crippen molar-refractivity contribution in [1.82, 2.24) is 10.2 Å². The first-order chi connectivity index (χ1) is 14.1. The first-order valence-corrected chi connectivity index (χ1v) is 9.98. The molecule has 0 bridgehead atoms. The van der Waals surface area contributed by atoms with Gasteiger partial charge in [-0.1, -0.05) is 42.3 Å². The third-order valence-corrected chi connectivity index (χ3v) is 5.11. The highest BCUT2D eigenvalue weighted by atomic mass is 19.1. The normalized spacial score (nSPS) is 15.9. The van der Waals surface area contributed by atoms with Crippen molar-refractivity contribution in [2.24, 2.45) is 5.92 Å². The molecular formula is C24H25FN2O2. The first-order valence-electron chi connectivity index (χ1n) is 9.98. The highest BCUT2D eigenvalue weighted by Gasteiger charge is 2.23. The summed E-state index contributed by atoms with van der Waals surface area (Å²) in [5, 5.41) is 2.77. The predicted octanol–water partition coefficient (Wildman–Crippen LogP) is 3.51. The van der Waals surface area contributed by atoms with E-state index in [4.69, 9.17) is 0 Å². The molecule has 1 fully saturated rings. The molecule has 4 nitrogen and oxygen atoms in total. The summed E-state index contributed by atoms with van der Waals surface area (Å²) in [4.78, 5) is 26.3. The Morgan fingerprint density at radius 3 is 2.66 bits per heavy atom. The summed E-state index contributed by atoms with van der Waals surface area (Å²) >= 11 is 0. The van der Waals surface area contributed by atoms with Gasteiger partial charge in [-0.2, -0.15) is 0 Å². The van der Waals surface area contributed by atoms with Gasteiger partial charge in [0.2, 0.25) is 5.91 Å². The molecule has 1 N–H and O–H groups in total. The molecule has 150 valence electrons. The smallest absolute Gasteiger partial charge is 0.298 e. The number of rotatable bonds is 5. The van der Waals surface area contributed by atoms with Gasteiger partial charge in [-0.05, 0) is 43.4 Å². The van der Waals surface area contributed by atoms with Crippen molar-refractivity contribution in [3.8, 4) is 11.8 Å². The van der Waals surface area contributed by atoms with Gasteiger partial charge in [0, 0.05) is 43.1 Å². The first kappa shape index (κ1) is 20.6. The Labute approximate surface area is 171 Å². The summed E-state index contributed by atoms with van der Waals surface area (Å²) in [5.74, 6) is 5.34. The molecule has 0 saturated carbocycles. The van der Waals surface area contributed by atoms with Crippen molar-refractivity contribution in [3.63, 3.8) is 0 Å². The topological polar surface area (TPSA) is 49.4 Å². The van der Waals surface area contributed by atoms with Crippen molar-refractivity contribution in [2.75, 3.05) is 13.1 Å². The van der Waals surface area contributed by atoms with Crippen LogP contribution in [0.1, 0.15) is 36.8 Å². The number of halogens is 1. The number of likely N-dealkylation sites (tertiary alicyclic amines) is 1. The Kier molecular flexibility index (Phi) is 7.40. The van der Waals surface area contributed by atoms with Gasteiger partial charge in [-0.25, -0.2) is 4.39 Å². The van der Waals surface area contributed by atoms with E-state index in [-0.39, 0.29) is 30.1 Å². The van der Waals surface area contributed by atoms with E-state index in [2.05, 4.69) is 17.2 Å². The molecule has 1 aliphatic heterocycles. The highest BCUT2D eigenvalue weighted by molar-refractivity contribution is 5.94. The van der Waals surface area contributed by atoms with Gasteiger partial charge >= 0.3 is 0 Å². The molecule has 29 heavy (non-hydrogen) atoms. The molecule has 2 aromatic carbocycles. The number of nitrogens with one attached hydrogen (secondary N) is 1. The molecule has 0 unspecified atom stereocenters. The fraction of sp³-hybridized carbons (Fsp3) is 0.333. The minimum Gasteiger partial charge on any atom is -0.352 e. The number of carbonyl (C=O) groups excluding carboxylic acids is 2. The van der Waals surface area contributed by atoms with Crippen LogP contribution in [0.25, 0.3) is 0 Å². The van der Waals surface area contributed by atoms with Gasteiger partial charge in [0.25, 0.3) is 5.91 Å². The van der Waals surface area contributed by atoms with Crippen LogP contribution in [0.4, 0.5) is 4.39 Å². The van der Waals surface area contributed by atoms with Crippen LogP contribution in [-0.2, 0) is 16.1 Å². The Morgan fingerprint density at radius 2 is 1.86 bits per heavy atom. The maximum Gasteiger partial charge on any atom is 0.298 e. The molecule has 0 spiro atoms. The molecule has 0 aromatic heterocycles. The molecule has 5 heteroatoms. The van der Waals surface area contributed by atoms with E-state index >= 15 is 0 Å². The van der Waals surface area contributed by atoms with Crippen molar-refractivity contribution in [3.05, 3.63) is 71.5 Å². The quantitative estimate of drug-likeness (QED) is 0.792. The van der Waals surface area contributed by atoms with Crippen LogP contribution in [0.15, 0.2) is 54.6 Å². The molecule has 2 amide bonds. The predicted molar refractivity (Wildman–Crippen MR) is 110 cm³/mol. The number of benzene rings is 2. The van der Waals surface area contributed by atoms with E-state index in [9.17, 15) is 14.0 Å². The number of piperidine rings is 1. The number of nitrogens with zero attached hydrogens (tertiary/aromatic N) is 1. The second-order valence-corrected chi connectivity index (χ2v) is 7.28. The van der Waals surface area contributed by atoms with E-state index in [1.54, 1.807) is 23.1 Å². The van der Waals surface area contributed by atoms with E-state index in [1.165, 1.54) is 6.07 Å². The standard InChI is InChI=1S/C24H25FN2O2/c25-22-11-5-4-10-21(22)17-26-23(28)14-12-20-9-6-16-27(18-20)24(29)15-13-19-7-2-1-3-8-19/h1-5,7-8,10-11,20H,6,9,12,14,16-18H2,(H,26,28)/t20-/m0/s1. The lowest BCUT2D eigenvalue weighted by Crippen LogP contribution is -2.39. The average Bonchev–Trinajstić information content (AvgIpc) is 2.76. The lowest BCUT2D eigenvalue weighted by atomic mass is 9.93. The minimum absolute atomic E-state index is 0.0967. The molecule has 2 aromatic rings. The summed E-state index contributed by atoms with van der Waals surface area (Å²) in [6.07, 6.45) is 2.99. The monoisotopic (exact) mass is 392 g/mol. The van der Waals surface area contributed by atoms with Gasteiger partial charge in [0.1, 0.15) is 5.82 Å². The van der Waals surface area contributed by atoms with E-state index in [0.29, 0.717) is 31.5 Å². The summed E-state index contributed by atoms with van der Waals surface area (Å²) < 4.78 is 13.6. The zero-order valence-corrected chi connectivity index (χ0v) is 16.4. The van der Waals surface area contributed by atoms with Crippen LogP contribution < -0.4 is 5.32 Å². The maximum absolute atomic E-state index is 13.6. The van der Waals surface area contributed by atoms with Crippen LogP contribution in [0.5, 0.6) is 0 Å². The lowest BCUT2D eigenvalue weighted by Gasteiger charge is -2.31. The second kappa shape index (κ2) is 10.4. The third-order valence-electron chi connectivity index (χ3n) is 5.11. The van der Waals surface area contributed by atoms with Gasteiger partial charge < -0.3 is 10.2 Å². The third kappa shape index (κ3) is 6.46. The van der Waals surface area contributed by atoms with Crippen molar-refractivity contribution in [1.29, 1.82) is 0 Å². The largest absolute Gasteiger partial charge is 0.352 e. The fourth-order valence-electron chi connectivity index (χ4n) is 3.47. The summed E-state index contributed by atoms with van der Waals surface area (Å²) in [7, 11) is 0. The summed E-state index contributed by atoms with van der Waals surface area (Å²) in [6.45, 7) is 1.52. The van der Waals surface area contributed by atoms with E-state index in [0.717, 1.165) is 18.4 Å². The molecule has 3 rings (SSSR count). The van der Waals surface area contributed by atoms with Gasteiger partial charge in [0.05, 0.1) is 0 Å². The molecule has 0 aliphatic carbocycles. The number of hydrogen-bond donors (Lipinski definition) is 1. The van der Waals surface area contributed by atoms with E-state index < -0.39 is 0 Å². The maximum atomic E-state index is 13.6. The number of hydrogen-bond acceptors (Lipinski definition) is 2. The fourth-order valence-corrected chi connectivity index (χ4v) is 3.47. The van der Waals surface area contributed by atoms with Crippen LogP contribution in [-0.4, -0.2) is 29.8 Å². The van der Waals surface area contributed by atoms with Crippen LogP contribution >= 0.6 is 0 Å².